The zero-order chi connectivity index (χ0) is 24.6. The third-order valence-corrected chi connectivity index (χ3v) is 7.22. The fourth-order valence-electron chi connectivity index (χ4n) is 4.70. The van der Waals surface area contributed by atoms with Crippen molar-refractivity contribution in [2.45, 2.75) is 44.8 Å². The number of aliphatic hydroxyl groups is 1. The maximum absolute atomic E-state index is 13.0. The van der Waals surface area contributed by atoms with Crippen LogP contribution in [0, 0.1) is 29.1 Å². The monoisotopic (exact) mass is 484 g/mol. The van der Waals surface area contributed by atoms with E-state index in [9.17, 15) is 20.0 Å². The molecule has 34 heavy (non-hydrogen) atoms. The first-order valence-corrected chi connectivity index (χ1v) is 11.8. The second kappa shape index (κ2) is 9.28. The van der Waals surface area contributed by atoms with Crippen molar-refractivity contribution in [3.63, 3.8) is 0 Å². The van der Waals surface area contributed by atoms with Crippen LogP contribution in [0.2, 0.25) is 5.02 Å². The highest BCUT2D eigenvalue weighted by Gasteiger charge is 2.44. The average Bonchev–Trinajstić information content (AvgIpc) is 3.16. The summed E-state index contributed by atoms with van der Waals surface area (Å²) in [6.07, 6.45) is 3.20. The largest absolute Gasteiger partial charge is 0.390 e. The number of nitrogens with one attached hydrogen (secondary N) is 1. The van der Waals surface area contributed by atoms with Gasteiger partial charge in [0.1, 0.15) is 5.56 Å². The lowest BCUT2D eigenvalue weighted by Gasteiger charge is -2.47. The number of amides is 2. The molecular formula is C24H29ClN6O3. The standard InChI is InChI=1S/C24H29ClN6O3/c1-24(2,34)16-11-30(12-16)23(33)14-3-8-20(15(9-14)10-26)31-13-19(21(27)32)22(29-31)28-18-6-4-17(25)5-7-18/h4-7,13-16,20,34H,3,8-9,11-12H2,1-2H3,(H2,27,32)(H,28,29)/t14-,15+,20-/m1/s1. The minimum atomic E-state index is -0.806. The van der Waals surface area contributed by atoms with Gasteiger partial charge in [-0.2, -0.15) is 10.4 Å². The van der Waals surface area contributed by atoms with Crippen molar-refractivity contribution in [2.24, 2.45) is 23.5 Å². The molecule has 0 unspecified atom stereocenters. The molecule has 1 saturated carbocycles. The van der Waals surface area contributed by atoms with E-state index < -0.39 is 17.4 Å². The zero-order valence-corrected chi connectivity index (χ0v) is 20.0. The molecule has 0 bridgehead atoms. The van der Waals surface area contributed by atoms with Gasteiger partial charge in [-0.1, -0.05) is 11.6 Å². The van der Waals surface area contributed by atoms with Crippen LogP contribution in [0.25, 0.3) is 0 Å². The molecule has 4 rings (SSSR count). The Balaban J connectivity index is 1.46. The molecule has 4 N–H and O–H groups in total. The maximum atomic E-state index is 13.0. The van der Waals surface area contributed by atoms with Crippen LogP contribution in [-0.2, 0) is 4.79 Å². The fourth-order valence-corrected chi connectivity index (χ4v) is 4.83. The topological polar surface area (TPSA) is 137 Å². The van der Waals surface area contributed by atoms with E-state index in [1.807, 2.05) is 0 Å². The SMILES string of the molecule is CC(C)(O)C1CN(C(=O)[C@@H]2CC[C@@H](n3cc(C(N)=O)c(Nc4ccc(Cl)cc4)n3)[C@H](C#N)C2)C1. The molecule has 2 amide bonds. The van der Waals surface area contributed by atoms with Crippen molar-refractivity contribution in [1.82, 2.24) is 14.7 Å². The van der Waals surface area contributed by atoms with Crippen molar-refractivity contribution in [3.05, 3.63) is 41.0 Å². The summed E-state index contributed by atoms with van der Waals surface area (Å²) in [6, 6.07) is 9.03. The number of aromatic nitrogens is 2. The highest BCUT2D eigenvalue weighted by Crippen LogP contribution is 2.40. The lowest BCUT2D eigenvalue weighted by Crippen LogP contribution is -2.59. The van der Waals surface area contributed by atoms with Crippen molar-refractivity contribution >= 4 is 34.9 Å². The Labute approximate surface area is 203 Å². The first-order valence-electron chi connectivity index (χ1n) is 11.4. The number of primary amides is 1. The molecule has 1 saturated heterocycles. The smallest absolute Gasteiger partial charge is 0.254 e. The van der Waals surface area contributed by atoms with Crippen LogP contribution < -0.4 is 11.1 Å². The predicted molar refractivity (Wildman–Crippen MR) is 127 cm³/mol. The third-order valence-electron chi connectivity index (χ3n) is 6.97. The first kappa shape index (κ1) is 24.0. The Bertz CT molecular complexity index is 1110. The van der Waals surface area contributed by atoms with Gasteiger partial charge in [0.25, 0.3) is 5.91 Å². The number of carbonyl (C=O) groups excluding carboxylic acids is 2. The fraction of sp³-hybridized carbons (Fsp3) is 0.500. The number of nitriles is 1. The van der Waals surface area contributed by atoms with Gasteiger partial charge in [0.15, 0.2) is 5.82 Å². The molecule has 2 aromatic rings. The number of anilines is 2. The predicted octanol–water partition coefficient (Wildman–Crippen LogP) is 3.09. The van der Waals surface area contributed by atoms with Gasteiger partial charge in [0.05, 0.1) is 23.6 Å². The lowest BCUT2D eigenvalue weighted by atomic mass is 9.76. The molecule has 1 aliphatic carbocycles. The Morgan fingerprint density at radius 3 is 2.53 bits per heavy atom. The van der Waals surface area contributed by atoms with Gasteiger partial charge in [-0.15, -0.1) is 0 Å². The number of hydrogen-bond donors (Lipinski definition) is 3. The average molecular weight is 485 g/mol. The first-order chi connectivity index (χ1) is 16.1. The second-order valence-corrected chi connectivity index (χ2v) is 10.2. The van der Waals surface area contributed by atoms with Crippen LogP contribution in [0.15, 0.2) is 30.5 Å². The van der Waals surface area contributed by atoms with E-state index >= 15 is 0 Å². The second-order valence-electron chi connectivity index (χ2n) is 9.77. The molecule has 9 nitrogen and oxygen atoms in total. The summed E-state index contributed by atoms with van der Waals surface area (Å²) >= 11 is 5.94. The minimum Gasteiger partial charge on any atom is -0.390 e. The van der Waals surface area contributed by atoms with Crippen LogP contribution in [-0.4, -0.2) is 50.3 Å². The van der Waals surface area contributed by atoms with Gasteiger partial charge >= 0.3 is 0 Å². The Hall–Kier alpha value is -3.09. The minimum absolute atomic E-state index is 0.0441. The van der Waals surface area contributed by atoms with Gasteiger partial charge in [-0.3, -0.25) is 14.3 Å². The summed E-state index contributed by atoms with van der Waals surface area (Å²) in [5.41, 5.74) is 5.69. The van der Waals surface area contributed by atoms with Crippen LogP contribution in [0.5, 0.6) is 0 Å². The summed E-state index contributed by atoms with van der Waals surface area (Å²) in [5, 5.41) is 28.2. The molecule has 0 spiro atoms. The number of halogens is 1. The molecule has 1 aromatic heterocycles. The number of benzene rings is 1. The number of rotatable bonds is 6. The van der Waals surface area contributed by atoms with Crippen molar-refractivity contribution in [1.29, 1.82) is 5.26 Å². The van der Waals surface area contributed by atoms with Gasteiger partial charge in [-0.05, 0) is 57.4 Å². The Kier molecular flexibility index (Phi) is 6.56. The molecule has 2 aliphatic rings. The molecule has 3 atom stereocenters. The molecule has 2 fully saturated rings. The van der Waals surface area contributed by atoms with Gasteiger partial charge in [-0.25, -0.2) is 0 Å². The maximum Gasteiger partial charge on any atom is 0.254 e. The van der Waals surface area contributed by atoms with Crippen LogP contribution >= 0.6 is 11.6 Å². The lowest BCUT2D eigenvalue weighted by molar-refractivity contribution is -0.150. The molecule has 1 aliphatic heterocycles. The van der Waals surface area contributed by atoms with Crippen molar-refractivity contribution < 1.29 is 14.7 Å². The Morgan fingerprint density at radius 1 is 1.26 bits per heavy atom. The van der Waals surface area contributed by atoms with Crippen molar-refractivity contribution in [2.75, 3.05) is 18.4 Å². The Morgan fingerprint density at radius 2 is 1.94 bits per heavy atom. The van der Waals surface area contributed by atoms with E-state index in [1.165, 1.54) is 0 Å². The quantitative estimate of drug-likeness (QED) is 0.576. The van der Waals surface area contributed by atoms with Crippen LogP contribution in [0.4, 0.5) is 11.5 Å². The molecule has 0 radical (unpaired) electrons. The number of nitrogens with two attached hydrogens (primary N) is 1. The summed E-state index contributed by atoms with van der Waals surface area (Å²) in [4.78, 5) is 26.8. The van der Waals surface area contributed by atoms with E-state index in [-0.39, 0.29) is 29.3 Å². The molecule has 1 aromatic carbocycles. The summed E-state index contributed by atoms with van der Waals surface area (Å²) in [6.45, 7) is 4.61. The number of likely N-dealkylation sites (tertiary alicyclic amines) is 1. The normalized spacial score (nSPS) is 23.1. The van der Waals surface area contributed by atoms with E-state index in [0.29, 0.717) is 48.9 Å². The van der Waals surface area contributed by atoms with Crippen LogP contribution in [0.3, 0.4) is 0 Å². The van der Waals surface area contributed by atoms with E-state index in [0.717, 1.165) is 0 Å². The molecule has 180 valence electrons. The third kappa shape index (κ3) is 4.88. The molecule has 2 heterocycles. The molecular weight excluding hydrogens is 456 g/mol. The number of nitrogens with zero attached hydrogens (tertiary/aromatic N) is 4. The van der Waals surface area contributed by atoms with Gasteiger partial charge in [0.2, 0.25) is 5.91 Å². The number of carbonyl (C=O) groups is 2. The summed E-state index contributed by atoms with van der Waals surface area (Å²) < 4.78 is 1.63. The highest BCUT2D eigenvalue weighted by molar-refractivity contribution is 6.30. The summed E-state index contributed by atoms with van der Waals surface area (Å²) in [7, 11) is 0. The van der Waals surface area contributed by atoms with Crippen LogP contribution in [0.1, 0.15) is 49.5 Å². The van der Waals surface area contributed by atoms with E-state index in [2.05, 4.69) is 16.5 Å². The molecule has 10 heteroatoms. The van der Waals surface area contributed by atoms with Gasteiger partial charge in [0, 0.05) is 41.8 Å². The zero-order valence-electron chi connectivity index (χ0n) is 19.2. The number of hydrogen-bond acceptors (Lipinski definition) is 6. The van der Waals surface area contributed by atoms with Crippen molar-refractivity contribution in [3.8, 4) is 6.07 Å². The highest BCUT2D eigenvalue weighted by atomic mass is 35.5. The van der Waals surface area contributed by atoms with Gasteiger partial charge < -0.3 is 21.1 Å². The van der Waals surface area contributed by atoms with E-state index in [4.69, 9.17) is 17.3 Å². The summed E-state index contributed by atoms with van der Waals surface area (Å²) in [5.74, 6) is -0.869. The van der Waals surface area contributed by atoms with E-state index in [1.54, 1.807) is 53.9 Å².